The third kappa shape index (κ3) is 4.08. The third-order valence-corrected chi connectivity index (χ3v) is 3.02. The first-order valence-corrected chi connectivity index (χ1v) is 6.25. The van der Waals surface area contributed by atoms with Crippen molar-refractivity contribution < 1.29 is 26.3 Å². The maximum Gasteiger partial charge on any atom is 0.511 e. The van der Waals surface area contributed by atoms with Crippen molar-refractivity contribution in [3.8, 4) is 5.75 Å². The van der Waals surface area contributed by atoms with Crippen LogP contribution in [0.25, 0.3) is 0 Å². The summed E-state index contributed by atoms with van der Waals surface area (Å²) in [5.41, 5.74) is 0.567. The Morgan fingerprint density at radius 1 is 1.33 bits per heavy atom. The minimum atomic E-state index is -5.32. The Bertz CT molecular complexity index is 502. The highest BCUT2D eigenvalue weighted by Gasteiger charge is 2.45. The molecule has 1 aromatic rings. The van der Waals surface area contributed by atoms with Crippen LogP contribution in [0.2, 0.25) is 0 Å². The van der Waals surface area contributed by atoms with Crippen molar-refractivity contribution in [3.05, 3.63) is 24.3 Å². The molecule has 0 aliphatic carbocycles. The van der Waals surface area contributed by atoms with Crippen LogP contribution >= 0.6 is 0 Å². The smallest absolute Gasteiger partial charge is 0.492 e. The van der Waals surface area contributed by atoms with Gasteiger partial charge in [-0.05, 0) is 12.1 Å². The maximum atomic E-state index is 11.9. The molecule has 0 bridgehead atoms. The highest BCUT2D eigenvalue weighted by atomic mass is 32.2. The summed E-state index contributed by atoms with van der Waals surface area (Å²) in [6.07, 6.45) is 0. The molecule has 0 aliphatic rings. The van der Waals surface area contributed by atoms with Crippen LogP contribution in [-0.4, -0.2) is 27.1 Å². The number of benzene rings is 1. The average Bonchev–Trinajstić information content (AvgIpc) is 2.23. The Balaban J connectivity index is 2.41. The number of sulfonamides is 1. The molecule has 0 aromatic heterocycles. The predicted octanol–water partition coefficient (Wildman–Crippen LogP) is 1.09. The summed E-state index contributed by atoms with van der Waals surface area (Å²) in [6.45, 7) is -0.727. The van der Waals surface area contributed by atoms with Gasteiger partial charge in [0.2, 0.25) is 0 Å². The van der Waals surface area contributed by atoms with Crippen LogP contribution in [0.3, 0.4) is 0 Å². The van der Waals surface area contributed by atoms with Gasteiger partial charge >= 0.3 is 15.5 Å². The van der Waals surface area contributed by atoms with E-state index in [1.54, 1.807) is 18.2 Å². The second-order valence-corrected chi connectivity index (χ2v) is 5.02. The number of hydrogen-bond donors (Lipinski definition) is 2. The fraction of sp³-hybridized carbons (Fsp3) is 0.333. The maximum absolute atomic E-state index is 11.9. The lowest BCUT2D eigenvalue weighted by Crippen LogP contribution is -2.38. The molecule has 0 heterocycles. The Labute approximate surface area is 102 Å². The minimum absolute atomic E-state index is 0.237. The summed E-state index contributed by atoms with van der Waals surface area (Å²) in [6, 6.07) is 6.23. The van der Waals surface area contributed by atoms with E-state index in [9.17, 15) is 21.6 Å². The lowest BCUT2D eigenvalue weighted by Gasteiger charge is -2.10. The van der Waals surface area contributed by atoms with Gasteiger partial charge in [-0.15, -0.1) is 0 Å². The van der Waals surface area contributed by atoms with Gasteiger partial charge in [-0.1, -0.05) is 6.07 Å². The van der Waals surface area contributed by atoms with E-state index < -0.39 is 22.1 Å². The van der Waals surface area contributed by atoms with Crippen LogP contribution in [0.4, 0.5) is 18.9 Å². The highest BCUT2D eigenvalue weighted by Crippen LogP contribution is 2.21. The van der Waals surface area contributed by atoms with Gasteiger partial charge in [0, 0.05) is 18.3 Å². The zero-order valence-electron chi connectivity index (χ0n) is 9.07. The van der Waals surface area contributed by atoms with Crippen molar-refractivity contribution in [2.24, 2.45) is 0 Å². The molecule has 0 amide bonds. The van der Waals surface area contributed by atoms with Crippen LogP contribution in [0.5, 0.6) is 5.75 Å². The number of rotatable bonds is 5. The van der Waals surface area contributed by atoms with Crippen molar-refractivity contribution in [1.29, 1.82) is 0 Å². The van der Waals surface area contributed by atoms with Gasteiger partial charge in [0.1, 0.15) is 12.4 Å². The largest absolute Gasteiger partial charge is 0.511 e. The number of nitrogens with one attached hydrogen (secondary N) is 1. The van der Waals surface area contributed by atoms with Crippen molar-refractivity contribution in [2.45, 2.75) is 5.51 Å². The van der Waals surface area contributed by atoms with Crippen molar-refractivity contribution in [3.63, 3.8) is 0 Å². The lowest BCUT2D eigenvalue weighted by molar-refractivity contribution is -0.0448. The fourth-order valence-corrected chi connectivity index (χ4v) is 1.55. The van der Waals surface area contributed by atoms with Gasteiger partial charge < -0.3 is 10.5 Å². The summed E-state index contributed by atoms with van der Waals surface area (Å²) < 4.78 is 63.4. The molecule has 0 radical (unpaired) electrons. The number of nitrogen functional groups attached to an aromatic ring is 1. The summed E-state index contributed by atoms with van der Waals surface area (Å²) in [5.74, 6) is 0.348. The first-order chi connectivity index (χ1) is 8.22. The van der Waals surface area contributed by atoms with Crippen LogP contribution in [0.15, 0.2) is 24.3 Å². The van der Waals surface area contributed by atoms with Crippen LogP contribution in [-0.2, 0) is 10.0 Å². The third-order valence-electron chi connectivity index (χ3n) is 1.83. The SMILES string of the molecule is Nc1cccc(OCCNS(=O)(=O)C(F)(F)F)c1. The van der Waals surface area contributed by atoms with E-state index >= 15 is 0 Å². The van der Waals surface area contributed by atoms with Gasteiger partial charge in [-0.2, -0.15) is 13.2 Å². The molecule has 102 valence electrons. The number of hydrogen-bond acceptors (Lipinski definition) is 4. The molecule has 1 rings (SSSR count). The Morgan fingerprint density at radius 2 is 2.00 bits per heavy atom. The highest BCUT2D eigenvalue weighted by molar-refractivity contribution is 7.90. The predicted molar refractivity (Wildman–Crippen MR) is 59.3 cm³/mol. The zero-order valence-corrected chi connectivity index (χ0v) is 9.88. The molecular formula is C9H11F3N2O3S. The second kappa shape index (κ2) is 5.44. The normalized spacial score (nSPS) is 12.4. The number of alkyl halides is 3. The number of ether oxygens (including phenoxy) is 1. The van der Waals surface area contributed by atoms with E-state index in [1.165, 1.54) is 10.8 Å². The first kappa shape index (κ1) is 14.6. The van der Waals surface area contributed by atoms with Crippen LogP contribution in [0, 0.1) is 0 Å². The topological polar surface area (TPSA) is 81.4 Å². The van der Waals surface area contributed by atoms with E-state index in [-0.39, 0.29) is 6.61 Å². The molecule has 1 aromatic carbocycles. The molecule has 9 heteroatoms. The van der Waals surface area contributed by atoms with E-state index in [0.717, 1.165) is 0 Å². The summed E-state index contributed by atoms with van der Waals surface area (Å²) in [7, 11) is -5.32. The zero-order chi connectivity index (χ0) is 13.8. The van der Waals surface area contributed by atoms with E-state index in [1.807, 2.05) is 0 Å². The molecule has 3 N–H and O–H groups in total. The van der Waals surface area contributed by atoms with Gasteiger partial charge in [0.25, 0.3) is 0 Å². The number of anilines is 1. The van der Waals surface area contributed by atoms with Gasteiger partial charge in [0.05, 0.1) is 0 Å². The van der Waals surface area contributed by atoms with Crippen molar-refractivity contribution in [2.75, 3.05) is 18.9 Å². The van der Waals surface area contributed by atoms with E-state index in [0.29, 0.717) is 11.4 Å². The lowest BCUT2D eigenvalue weighted by atomic mass is 10.3. The monoisotopic (exact) mass is 284 g/mol. The standard InChI is InChI=1S/C9H11F3N2O3S/c10-9(11,12)18(15,16)14-4-5-17-8-3-1-2-7(13)6-8/h1-3,6,14H,4-5,13H2. The fourth-order valence-electron chi connectivity index (χ4n) is 1.03. The Kier molecular flexibility index (Phi) is 4.41. The Hall–Kier alpha value is -1.48. The molecule has 5 nitrogen and oxygen atoms in total. The molecule has 0 saturated heterocycles. The van der Waals surface area contributed by atoms with Gasteiger partial charge in [-0.3, -0.25) is 0 Å². The quantitative estimate of drug-likeness (QED) is 0.626. The van der Waals surface area contributed by atoms with Gasteiger partial charge in [0.15, 0.2) is 0 Å². The molecule has 0 atom stereocenters. The minimum Gasteiger partial charge on any atom is -0.492 e. The number of halogens is 3. The average molecular weight is 284 g/mol. The summed E-state index contributed by atoms with van der Waals surface area (Å²) >= 11 is 0. The molecule has 0 unspecified atom stereocenters. The van der Waals surface area contributed by atoms with Crippen LogP contribution in [0.1, 0.15) is 0 Å². The number of nitrogens with two attached hydrogens (primary N) is 1. The summed E-state index contributed by atoms with van der Waals surface area (Å²) in [5, 5.41) is 0. The second-order valence-electron chi connectivity index (χ2n) is 3.26. The van der Waals surface area contributed by atoms with Crippen molar-refractivity contribution >= 4 is 15.7 Å². The molecule has 0 fully saturated rings. The summed E-state index contributed by atoms with van der Waals surface area (Å²) in [4.78, 5) is 0. The van der Waals surface area contributed by atoms with E-state index in [4.69, 9.17) is 10.5 Å². The molecule has 0 aliphatic heterocycles. The molecule has 0 spiro atoms. The van der Waals surface area contributed by atoms with Gasteiger partial charge in [-0.25, -0.2) is 13.1 Å². The first-order valence-electron chi connectivity index (χ1n) is 4.76. The Morgan fingerprint density at radius 3 is 2.56 bits per heavy atom. The molecular weight excluding hydrogens is 273 g/mol. The van der Waals surface area contributed by atoms with Crippen molar-refractivity contribution in [1.82, 2.24) is 4.72 Å². The molecule has 18 heavy (non-hydrogen) atoms. The molecule has 0 saturated carbocycles. The van der Waals surface area contributed by atoms with E-state index in [2.05, 4.69) is 0 Å². The van der Waals surface area contributed by atoms with Crippen LogP contribution < -0.4 is 15.2 Å².